The summed E-state index contributed by atoms with van der Waals surface area (Å²) >= 11 is 2.62. The average molecular weight is 182 g/mol. The van der Waals surface area contributed by atoms with E-state index in [0.717, 1.165) is 6.20 Å². The Morgan fingerprint density at radius 3 is 2.62 bits per heavy atom. The van der Waals surface area contributed by atoms with Gasteiger partial charge >= 0.3 is 4.61 Å². The van der Waals surface area contributed by atoms with E-state index in [1.165, 1.54) is 0 Å². The van der Waals surface area contributed by atoms with E-state index in [0.29, 0.717) is 0 Å². The minimum absolute atomic E-state index is 0.194. The third kappa shape index (κ3) is 2.54. The van der Waals surface area contributed by atoms with Crippen LogP contribution in [0.2, 0.25) is 0 Å². The van der Waals surface area contributed by atoms with Crippen molar-refractivity contribution < 1.29 is 4.92 Å². The number of hydrazine groups is 1. The van der Waals surface area contributed by atoms with Crippen LogP contribution in [0.5, 0.6) is 0 Å². The van der Waals surface area contributed by atoms with E-state index in [-0.39, 0.29) is 4.61 Å². The van der Waals surface area contributed by atoms with Crippen LogP contribution in [0.3, 0.4) is 0 Å². The van der Waals surface area contributed by atoms with E-state index in [9.17, 15) is 10.1 Å². The highest BCUT2D eigenvalue weighted by Gasteiger charge is 2.00. The number of hydrogen-bond donors (Lipinski definition) is 2. The molecule has 0 heterocycles. The van der Waals surface area contributed by atoms with Gasteiger partial charge < -0.3 is 5.43 Å². The van der Waals surface area contributed by atoms with Gasteiger partial charge in [-0.05, 0) is 0 Å². The van der Waals surface area contributed by atoms with Crippen molar-refractivity contribution in [2.45, 2.75) is 0 Å². The SMILES string of the molecule is NNC=C(Br)[N+](=O)[O-]. The van der Waals surface area contributed by atoms with Crippen molar-refractivity contribution in [1.29, 1.82) is 0 Å². The van der Waals surface area contributed by atoms with Crippen LogP contribution in [0.1, 0.15) is 0 Å². The largest absolute Gasteiger partial charge is 0.327 e. The summed E-state index contributed by atoms with van der Waals surface area (Å²) in [4.78, 5) is 9.07. The van der Waals surface area contributed by atoms with Gasteiger partial charge in [-0.15, -0.1) is 0 Å². The first-order valence-electron chi connectivity index (χ1n) is 1.64. The van der Waals surface area contributed by atoms with Crippen molar-refractivity contribution in [2.75, 3.05) is 0 Å². The summed E-state index contributed by atoms with van der Waals surface area (Å²) in [5, 5.41) is 9.68. The molecule has 0 radical (unpaired) electrons. The lowest BCUT2D eigenvalue weighted by Crippen LogP contribution is -2.14. The Labute approximate surface area is 53.8 Å². The molecular weight excluding hydrogens is 178 g/mol. The summed E-state index contributed by atoms with van der Waals surface area (Å²) in [5.74, 6) is 4.71. The first kappa shape index (κ1) is 7.38. The lowest BCUT2D eigenvalue weighted by molar-refractivity contribution is -0.409. The summed E-state index contributed by atoms with van der Waals surface area (Å²) in [5.41, 5.74) is 2.00. The summed E-state index contributed by atoms with van der Waals surface area (Å²) in [7, 11) is 0. The molecule has 0 spiro atoms. The van der Waals surface area contributed by atoms with Crippen molar-refractivity contribution in [1.82, 2.24) is 5.43 Å². The highest BCUT2D eigenvalue weighted by molar-refractivity contribution is 9.11. The minimum Gasteiger partial charge on any atom is -0.324 e. The molecule has 5 nitrogen and oxygen atoms in total. The van der Waals surface area contributed by atoms with Crippen molar-refractivity contribution in [3.63, 3.8) is 0 Å². The molecule has 3 N–H and O–H groups in total. The molecule has 0 aromatic heterocycles. The first-order chi connectivity index (χ1) is 3.68. The van der Waals surface area contributed by atoms with Crippen molar-refractivity contribution in [3.05, 3.63) is 20.9 Å². The molecule has 0 aliphatic carbocycles. The predicted molar refractivity (Wildman–Crippen MR) is 31.3 cm³/mol. The van der Waals surface area contributed by atoms with Crippen LogP contribution in [0, 0.1) is 10.1 Å². The van der Waals surface area contributed by atoms with Gasteiger partial charge in [-0.3, -0.25) is 16.0 Å². The Kier molecular flexibility index (Phi) is 3.13. The monoisotopic (exact) mass is 181 g/mol. The molecule has 0 aromatic carbocycles. The van der Waals surface area contributed by atoms with Crippen LogP contribution in [-0.4, -0.2) is 4.92 Å². The van der Waals surface area contributed by atoms with Crippen LogP contribution < -0.4 is 11.3 Å². The maximum absolute atomic E-state index is 9.68. The van der Waals surface area contributed by atoms with Gasteiger partial charge in [-0.2, -0.15) is 0 Å². The molecule has 0 bridgehead atoms. The third-order valence-corrected chi connectivity index (χ3v) is 0.895. The molecule has 46 valence electrons. The molecule has 0 aromatic rings. The Morgan fingerprint density at radius 1 is 2.00 bits per heavy atom. The molecule has 0 saturated heterocycles. The lowest BCUT2D eigenvalue weighted by Gasteiger charge is -1.84. The number of nitrogens with two attached hydrogens (primary N) is 1. The summed E-state index contributed by atoms with van der Waals surface area (Å²) in [6.07, 6.45) is 1.03. The third-order valence-electron chi connectivity index (χ3n) is 0.377. The van der Waals surface area contributed by atoms with Crippen molar-refractivity contribution >= 4 is 15.9 Å². The maximum atomic E-state index is 9.68. The number of nitro groups is 1. The molecule has 6 heteroatoms. The fraction of sp³-hybridized carbons (Fsp3) is 0. The Balaban J connectivity index is 3.80. The zero-order valence-corrected chi connectivity index (χ0v) is 5.38. The van der Waals surface area contributed by atoms with Gasteiger partial charge in [0.2, 0.25) is 0 Å². The van der Waals surface area contributed by atoms with Crippen LogP contribution in [0.15, 0.2) is 10.8 Å². The maximum Gasteiger partial charge on any atom is 0.327 e. The smallest absolute Gasteiger partial charge is 0.324 e. The number of hydrogen-bond acceptors (Lipinski definition) is 4. The van der Waals surface area contributed by atoms with Gasteiger partial charge in [0.05, 0.1) is 11.1 Å². The van der Waals surface area contributed by atoms with Crippen molar-refractivity contribution in [2.24, 2.45) is 5.84 Å². The highest BCUT2D eigenvalue weighted by Crippen LogP contribution is 2.01. The van der Waals surface area contributed by atoms with E-state index in [2.05, 4.69) is 15.9 Å². The summed E-state index contributed by atoms with van der Waals surface area (Å²) in [6.45, 7) is 0. The Morgan fingerprint density at radius 2 is 2.50 bits per heavy atom. The van der Waals surface area contributed by atoms with Crippen LogP contribution >= 0.6 is 15.9 Å². The second-order valence-electron chi connectivity index (χ2n) is 0.891. The Hall–Kier alpha value is -0.620. The fourth-order valence-corrected chi connectivity index (χ4v) is 0.254. The molecule has 0 atom stereocenters. The number of halogens is 1. The van der Waals surface area contributed by atoms with E-state index in [1.54, 1.807) is 0 Å². The van der Waals surface area contributed by atoms with E-state index in [4.69, 9.17) is 5.84 Å². The Bertz CT molecular complexity index is 122. The predicted octanol–water partition coefficient (Wildman–Crippen LogP) is -0.0798. The van der Waals surface area contributed by atoms with Crippen LogP contribution in [-0.2, 0) is 0 Å². The second kappa shape index (κ2) is 3.39. The number of rotatable bonds is 2. The minimum atomic E-state index is -0.611. The quantitative estimate of drug-likeness (QED) is 0.271. The van der Waals surface area contributed by atoms with Gasteiger partial charge in [-0.1, -0.05) is 0 Å². The molecule has 8 heavy (non-hydrogen) atoms. The van der Waals surface area contributed by atoms with Gasteiger partial charge in [-0.25, -0.2) is 0 Å². The normalized spacial score (nSPS) is 11.0. The molecule has 0 aliphatic rings. The molecule has 0 saturated carbocycles. The van der Waals surface area contributed by atoms with Gasteiger partial charge in [0.1, 0.15) is 0 Å². The first-order valence-corrected chi connectivity index (χ1v) is 2.44. The summed E-state index contributed by atoms with van der Waals surface area (Å²) in [6, 6.07) is 0. The van der Waals surface area contributed by atoms with Crippen LogP contribution in [0.25, 0.3) is 0 Å². The van der Waals surface area contributed by atoms with Crippen LogP contribution in [0.4, 0.5) is 0 Å². The molecule has 0 amide bonds. The van der Waals surface area contributed by atoms with Gasteiger partial charge in [0.15, 0.2) is 0 Å². The van der Waals surface area contributed by atoms with Gasteiger partial charge in [0, 0.05) is 15.9 Å². The van der Waals surface area contributed by atoms with Crippen molar-refractivity contribution in [3.8, 4) is 0 Å². The molecule has 0 aliphatic heterocycles. The van der Waals surface area contributed by atoms with E-state index >= 15 is 0 Å². The highest BCUT2D eigenvalue weighted by atomic mass is 79.9. The fourth-order valence-electron chi connectivity index (χ4n) is 0.121. The zero-order chi connectivity index (χ0) is 6.57. The average Bonchev–Trinajstić information content (AvgIpc) is 1.67. The standard InChI is InChI=1S/C2H4BrN3O2/c3-2(1-5-4)6(7)8/h1,5H,4H2. The second-order valence-corrected chi connectivity index (χ2v) is 1.70. The topological polar surface area (TPSA) is 81.2 Å². The lowest BCUT2D eigenvalue weighted by atomic mass is 10.9. The molecule has 0 fully saturated rings. The van der Waals surface area contributed by atoms with E-state index < -0.39 is 4.92 Å². The summed E-state index contributed by atoms with van der Waals surface area (Å²) < 4.78 is -0.194. The molecule has 0 unspecified atom stereocenters. The molecule has 0 rings (SSSR count). The number of nitrogens with one attached hydrogen (secondary N) is 1. The molecular formula is C2H4BrN3O2. The number of nitrogens with zero attached hydrogens (tertiary/aromatic N) is 1. The van der Waals surface area contributed by atoms with Gasteiger partial charge in [0.25, 0.3) is 0 Å². The zero-order valence-electron chi connectivity index (χ0n) is 3.80. The van der Waals surface area contributed by atoms with E-state index in [1.807, 2.05) is 5.43 Å².